The van der Waals surface area contributed by atoms with Gasteiger partial charge in [0, 0.05) is 12.6 Å². The summed E-state index contributed by atoms with van der Waals surface area (Å²) in [4.78, 5) is 13.9. The van der Waals surface area contributed by atoms with Gasteiger partial charge in [0.1, 0.15) is 0 Å². The lowest BCUT2D eigenvalue weighted by Gasteiger charge is -2.24. The van der Waals surface area contributed by atoms with Crippen molar-refractivity contribution >= 4 is 18.3 Å². The fraction of sp³-hybridized carbons (Fsp3) is 0.500. The lowest BCUT2D eigenvalue weighted by Crippen LogP contribution is -2.41. The third kappa shape index (κ3) is 3.72. The fourth-order valence-electron chi connectivity index (χ4n) is 2.52. The summed E-state index contributed by atoms with van der Waals surface area (Å²) in [6, 6.07) is 10.8. The molecule has 1 fully saturated rings. The quantitative estimate of drug-likeness (QED) is 0.904. The summed E-state index contributed by atoms with van der Waals surface area (Å²) >= 11 is 0. The van der Waals surface area contributed by atoms with E-state index in [0.29, 0.717) is 12.6 Å². The van der Waals surface area contributed by atoms with Gasteiger partial charge in [0.25, 0.3) is 0 Å². The molecule has 0 aromatic heterocycles. The molecule has 1 aromatic carbocycles. The number of likely N-dealkylation sites (tertiary alicyclic amines) is 1. The van der Waals surface area contributed by atoms with Crippen LogP contribution in [0.15, 0.2) is 30.3 Å². The van der Waals surface area contributed by atoms with E-state index in [1.165, 1.54) is 5.56 Å². The summed E-state index contributed by atoms with van der Waals surface area (Å²) in [5.41, 5.74) is 1.32. The summed E-state index contributed by atoms with van der Waals surface area (Å²) in [5, 5.41) is 2.94. The molecule has 1 aromatic rings. The van der Waals surface area contributed by atoms with Gasteiger partial charge in [0.15, 0.2) is 0 Å². The van der Waals surface area contributed by atoms with Crippen molar-refractivity contribution in [1.29, 1.82) is 0 Å². The minimum atomic E-state index is 0. The second-order valence-electron chi connectivity index (χ2n) is 4.60. The van der Waals surface area contributed by atoms with Crippen molar-refractivity contribution in [3.05, 3.63) is 35.9 Å². The first-order valence-electron chi connectivity index (χ1n) is 6.29. The first-order chi connectivity index (χ1) is 8.31. The minimum absolute atomic E-state index is 0. The van der Waals surface area contributed by atoms with Crippen molar-refractivity contribution in [2.75, 3.05) is 20.1 Å². The predicted molar refractivity (Wildman–Crippen MR) is 76.1 cm³/mol. The van der Waals surface area contributed by atoms with Crippen LogP contribution in [-0.2, 0) is 11.2 Å². The molecule has 4 heteroatoms. The fourth-order valence-corrected chi connectivity index (χ4v) is 2.52. The van der Waals surface area contributed by atoms with Crippen LogP contribution in [0.4, 0.5) is 0 Å². The Morgan fingerprint density at radius 2 is 2.11 bits per heavy atom. The Labute approximate surface area is 115 Å². The van der Waals surface area contributed by atoms with Gasteiger partial charge in [-0.05, 0) is 31.9 Å². The Morgan fingerprint density at radius 3 is 2.78 bits per heavy atom. The molecule has 1 aliphatic heterocycles. The lowest BCUT2D eigenvalue weighted by atomic mass is 10.0. The second kappa shape index (κ2) is 7.39. The molecule has 0 spiro atoms. The number of likely N-dealkylation sites (N-methyl/N-ethyl adjacent to an activating group) is 1. The number of carbonyl (C=O) groups excluding carboxylic acids is 1. The SMILES string of the molecule is CNCC(=O)N1CCCC1Cc1ccccc1.Cl. The molecule has 0 bridgehead atoms. The van der Waals surface area contributed by atoms with Crippen LogP contribution in [0.3, 0.4) is 0 Å². The molecule has 1 amide bonds. The zero-order chi connectivity index (χ0) is 12.1. The summed E-state index contributed by atoms with van der Waals surface area (Å²) in [6.07, 6.45) is 3.24. The van der Waals surface area contributed by atoms with E-state index in [1.54, 1.807) is 0 Å². The lowest BCUT2D eigenvalue weighted by molar-refractivity contribution is -0.130. The van der Waals surface area contributed by atoms with Gasteiger partial charge < -0.3 is 10.2 Å². The number of rotatable bonds is 4. The van der Waals surface area contributed by atoms with Crippen LogP contribution < -0.4 is 5.32 Å². The topological polar surface area (TPSA) is 32.3 Å². The molecular weight excluding hydrogens is 248 g/mol. The van der Waals surface area contributed by atoms with Crippen molar-refractivity contribution in [3.8, 4) is 0 Å². The van der Waals surface area contributed by atoms with E-state index in [0.717, 1.165) is 25.8 Å². The summed E-state index contributed by atoms with van der Waals surface area (Å²) in [6.45, 7) is 1.36. The summed E-state index contributed by atoms with van der Waals surface area (Å²) < 4.78 is 0. The number of hydrogen-bond donors (Lipinski definition) is 1. The largest absolute Gasteiger partial charge is 0.338 e. The van der Waals surface area contributed by atoms with Gasteiger partial charge in [-0.25, -0.2) is 0 Å². The molecule has 3 nitrogen and oxygen atoms in total. The maximum absolute atomic E-state index is 11.9. The highest BCUT2D eigenvalue weighted by atomic mass is 35.5. The Bertz CT molecular complexity index is 369. The molecule has 1 heterocycles. The van der Waals surface area contributed by atoms with Crippen molar-refractivity contribution in [2.24, 2.45) is 0 Å². The van der Waals surface area contributed by atoms with Crippen LogP contribution >= 0.6 is 12.4 Å². The van der Waals surface area contributed by atoms with Gasteiger partial charge in [-0.3, -0.25) is 4.79 Å². The van der Waals surface area contributed by atoms with Gasteiger partial charge >= 0.3 is 0 Å². The third-order valence-corrected chi connectivity index (χ3v) is 3.34. The van der Waals surface area contributed by atoms with Crippen LogP contribution in [0.25, 0.3) is 0 Å². The molecular formula is C14H21ClN2O. The van der Waals surface area contributed by atoms with Gasteiger partial charge in [0.2, 0.25) is 5.91 Å². The highest BCUT2D eigenvalue weighted by Gasteiger charge is 2.27. The smallest absolute Gasteiger partial charge is 0.236 e. The van der Waals surface area contributed by atoms with Crippen molar-refractivity contribution < 1.29 is 4.79 Å². The molecule has 1 unspecified atom stereocenters. The molecule has 1 N–H and O–H groups in total. The number of nitrogens with one attached hydrogen (secondary N) is 1. The van der Waals surface area contributed by atoms with E-state index in [-0.39, 0.29) is 18.3 Å². The first-order valence-corrected chi connectivity index (χ1v) is 6.29. The van der Waals surface area contributed by atoms with E-state index >= 15 is 0 Å². The molecule has 1 saturated heterocycles. The zero-order valence-electron chi connectivity index (χ0n) is 10.8. The number of benzene rings is 1. The summed E-state index contributed by atoms with van der Waals surface area (Å²) in [5.74, 6) is 0.228. The molecule has 1 atom stereocenters. The highest BCUT2D eigenvalue weighted by molar-refractivity contribution is 5.85. The molecule has 2 rings (SSSR count). The summed E-state index contributed by atoms with van der Waals surface area (Å²) in [7, 11) is 1.82. The maximum atomic E-state index is 11.9. The molecule has 18 heavy (non-hydrogen) atoms. The van der Waals surface area contributed by atoms with Gasteiger partial charge in [-0.2, -0.15) is 0 Å². The third-order valence-electron chi connectivity index (χ3n) is 3.34. The average molecular weight is 269 g/mol. The Kier molecular flexibility index (Phi) is 6.16. The van der Waals surface area contributed by atoms with Crippen molar-refractivity contribution in [1.82, 2.24) is 10.2 Å². The predicted octanol–water partition coefficient (Wildman–Crippen LogP) is 1.86. The standard InChI is InChI=1S/C14H20N2O.ClH/c1-15-11-14(17)16-9-5-8-13(16)10-12-6-3-2-4-7-12;/h2-4,6-7,13,15H,5,8-11H2,1H3;1H. The molecule has 100 valence electrons. The van der Waals surface area contributed by atoms with E-state index in [9.17, 15) is 4.79 Å². The monoisotopic (exact) mass is 268 g/mol. The van der Waals surface area contributed by atoms with Crippen LogP contribution in [0.5, 0.6) is 0 Å². The molecule has 0 saturated carbocycles. The number of amides is 1. The normalized spacial score (nSPS) is 18.5. The van der Waals surface area contributed by atoms with Crippen molar-refractivity contribution in [3.63, 3.8) is 0 Å². The minimum Gasteiger partial charge on any atom is -0.338 e. The molecule has 0 aliphatic carbocycles. The Hall–Kier alpha value is -1.06. The maximum Gasteiger partial charge on any atom is 0.236 e. The van der Waals surface area contributed by atoms with Crippen LogP contribution in [-0.4, -0.2) is 37.0 Å². The number of nitrogens with zero attached hydrogens (tertiary/aromatic N) is 1. The number of carbonyl (C=O) groups is 1. The Morgan fingerprint density at radius 1 is 1.39 bits per heavy atom. The van der Waals surface area contributed by atoms with E-state index in [4.69, 9.17) is 0 Å². The van der Waals surface area contributed by atoms with Gasteiger partial charge in [-0.1, -0.05) is 30.3 Å². The first kappa shape index (κ1) is 15.0. The number of halogens is 1. The Balaban J connectivity index is 0.00000162. The highest BCUT2D eigenvalue weighted by Crippen LogP contribution is 2.21. The van der Waals surface area contributed by atoms with Crippen LogP contribution in [0, 0.1) is 0 Å². The van der Waals surface area contributed by atoms with Gasteiger partial charge in [-0.15, -0.1) is 12.4 Å². The van der Waals surface area contributed by atoms with Crippen molar-refractivity contribution in [2.45, 2.75) is 25.3 Å². The van der Waals surface area contributed by atoms with Gasteiger partial charge in [0.05, 0.1) is 6.54 Å². The van der Waals surface area contributed by atoms with E-state index in [1.807, 2.05) is 18.0 Å². The van der Waals surface area contributed by atoms with Crippen LogP contribution in [0.1, 0.15) is 18.4 Å². The second-order valence-corrected chi connectivity index (χ2v) is 4.60. The van der Waals surface area contributed by atoms with Crippen LogP contribution in [0.2, 0.25) is 0 Å². The average Bonchev–Trinajstić information content (AvgIpc) is 2.79. The molecule has 0 radical (unpaired) electrons. The number of hydrogen-bond acceptors (Lipinski definition) is 2. The zero-order valence-corrected chi connectivity index (χ0v) is 11.6. The van der Waals surface area contributed by atoms with E-state index in [2.05, 4.69) is 29.6 Å². The van der Waals surface area contributed by atoms with E-state index < -0.39 is 0 Å². The molecule has 1 aliphatic rings.